The van der Waals surface area contributed by atoms with Crippen LogP contribution in [-0.2, 0) is 11.3 Å². The average molecular weight is 197 g/mol. The van der Waals surface area contributed by atoms with E-state index in [9.17, 15) is 0 Å². The number of nitrogens with one attached hydrogen (secondary N) is 1. The summed E-state index contributed by atoms with van der Waals surface area (Å²) in [4.78, 5) is 4.28. The van der Waals surface area contributed by atoms with Crippen LogP contribution in [-0.4, -0.2) is 30.3 Å². The van der Waals surface area contributed by atoms with E-state index < -0.39 is 0 Å². The number of ether oxygens (including phenoxy) is 1. The van der Waals surface area contributed by atoms with E-state index in [2.05, 4.69) is 15.5 Å². The molecule has 2 heterocycles. The van der Waals surface area contributed by atoms with Crippen molar-refractivity contribution in [1.82, 2.24) is 15.5 Å². The second kappa shape index (κ2) is 4.52. The van der Waals surface area contributed by atoms with Crippen molar-refractivity contribution in [2.45, 2.75) is 25.4 Å². The number of hydrogen-bond acceptors (Lipinski definition) is 5. The molecule has 0 aromatic carbocycles. The molecule has 2 rings (SSSR count). The Labute approximate surface area is 82.8 Å². The lowest BCUT2D eigenvalue weighted by Gasteiger charge is -2.19. The Bertz CT molecular complexity index is 281. The van der Waals surface area contributed by atoms with Gasteiger partial charge in [-0.3, -0.25) is 0 Å². The van der Waals surface area contributed by atoms with Gasteiger partial charge in [-0.05, 0) is 19.4 Å². The van der Waals surface area contributed by atoms with Crippen LogP contribution < -0.4 is 5.32 Å². The third-order valence-corrected chi connectivity index (χ3v) is 2.41. The van der Waals surface area contributed by atoms with E-state index in [1.807, 2.05) is 0 Å². The summed E-state index contributed by atoms with van der Waals surface area (Å²) in [6.45, 7) is 2.44. The van der Waals surface area contributed by atoms with Crippen LogP contribution in [0.25, 0.3) is 0 Å². The Balaban J connectivity index is 2.00. The quantitative estimate of drug-likeness (QED) is 0.772. The summed E-state index contributed by atoms with van der Waals surface area (Å²) in [7, 11) is 1.62. The average Bonchev–Trinajstić information content (AvgIpc) is 2.68. The number of rotatable bonds is 3. The highest BCUT2D eigenvalue weighted by Gasteiger charge is 2.20. The zero-order chi connectivity index (χ0) is 9.80. The van der Waals surface area contributed by atoms with E-state index in [0.717, 1.165) is 25.3 Å². The third-order valence-electron chi connectivity index (χ3n) is 2.41. The van der Waals surface area contributed by atoms with Crippen LogP contribution in [0.4, 0.5) is 0 Å². The van der Waals surface area contributed by atoms with Crippen LogP contribution in [0, 0.1) is 0 Å². The summed E-state index contributed by atoms with van der Waals surface area (Å²) >= 11 is 0. The number of piperidine rings is 1. The molecule has 1 saturated heterocycles. The van der Waals surface area contributed by atoms with Gasteiger partial charge in [0.25, 0.3) is 5.89 Å². The van der Waals surface area contributed by atoms with Gasteiger partial charge >= 0.3 is 0 Å². The van der Waals surface area contributed by atoms with Crippen molar-refractivity contribution in [2.75, 3.05) is 20.2 Å². The Morgan fingerprint density at radius 2 is 2.57 bits per heavy atom. The molecule has 78 valence electrons. The minimum atomic E-state index is 0.396. The molecule has 1 atom stereocenters. The summed E-state index contributed by atoms with van der Waals surface area (Å²) in [6.07, 6.45) is 2.32. The van der Waals surface area contributed by atoms with Crippen LogP contribution in [0.2, 0.25) is 0 Å². The SMILES string of the molecule is COCc1nc([C@@H]2CCCNC2)no1. The lowest BCUT2D eigenvalue weighted by molar-refractivity contribution is 0.151. The highest BCUT2D eigenvalue weighted by molar-refractivity contribution is 4.97. The largest absolute Gasteiger partial charge is 0.375 e. The van der Waals surface area contributed by atoms with E-state index in [4.69, 9.17) is 9.26 Å². The van der Waals surface area contributed by atoms with Crippen molar-refractivity contribution in [3.05, 3.63) is 11.7 Å². The summed E-state index contributed by atoms with van der Waals surface area (Å²) in [5, 5.41) is 7.27. The first-order chi connectivity index (χ1) is 6.90. The minimum absolute atomic E-state index is 0.396. The van der Waals surface area contributed by atoms with Gasteiger partial charge < -0.3 is 14.6 Å². The fraction of sp³-hybridized carbons (Fsp3) is 0.778. The topological polar surface area (TPSA) is 60.2 Å². The molecule has 0 amide bonds. The maximum absolute atomic E-state index is 5.04. The van der Waals surface area contributed by atoms with Gasteiger partial charge in [0.15, 0.2) is 5.82 Å². The number of nitrogens with zero attached hydrogens (tertiary/aromatic N) is 2. The van der Waals surface area contributed by atoms with Crippen molar-refractivity contribution in [1.29, 1.82) is 0 Å². The van der Waals surface area contributed by atoms with Crippen LogP contribution in [0.15, 0.2) is 4.52 Å². The number of aromatic nitrogens is 2. The summed E-state index contributed by atoms with van der Waals surface area (Å²) < 4.78 is 9.96. The van der Waals surface area contributed by atoms with Gasteiger partial charge in [0.1, 0.15) is 6.61 Å². The Morgan fingerprint density at radius 3 is 3.29 bits per heavy atom. The molecule has 0 radical (unpaired) electrons. The molecule has 1 aliphatic rings. The molecule has 14 heavy (non-hydrogen) atoms. The third kappa shape index (κ3) is 2.10. The molecular weight excluding hydrogens is 182 g/mol. The lowest BCUT2D eigenvalue weighted by atomic mass is 9.99. The van der Waals surface area contributed by atoms with Gasteiger partial charge in [-0.1, -0.05) is 5.16 Å². The molecule has 0 bridgehead atoms. The molecule has 0 aliphatic carbocycles. The molecule has 1 aromatic rings. The van der Waals surface area contributed by atoms with Gasteiger partial charge in [0.05, 0.1) is 0 Å². The highest BCUT2D eigenvalue weighted by Crippen LogP contribution is 2.20. The first-order valence-electron chi connectivity index (χ1n) is 4.92. The molecule has 1 fully saturated rings. The zero-order valence-corrected chi connectivity index (χ0v) is 8.32. The first kappa shape index (κ1) is 9.61. The minimum Gasteiger partial charge on any atom is -0.375 e. The molecule has 0 unspecified atom stereocenters. The Morgan fingerprint density at radius 1 is 1.64 bits per heavy atom. The standard InChI is InChI=1S/C9H15N3O2/c1-13-6-8-11-9(12-14-8)7-3-2-4-10-5-7/h7,10H,2-6H2,1H3/t7-/m1/s1. The predicted octanol–water partition coefficient (Wildman–Crippen LogP) is 0.683. The molecule has 1 aliphatic heterocycles. The van der Waals surface area contributed by atoms with Gasteiger partial charge in [0.2, 0.25) is 0 Å². The van der Waals surface area contributed by atoms with Crippen molar-refractivity contribution >= 4 is 0 Å². The molecule has 5 heteroatoms. The molecule has 5 nitrogen and oxygen atoms in total. The molecular formula is C9H15N3O2. The fourth-order valence-corrected chi connectivity index (χ4v) is 1.69. The van der Waals surface area contributed by atoms with Crippen LogP contribution in [0.1, 0.15) is 30.5 Å². The maximum Gasteiger partial charge on any atom is 0.252 e. The van der Waals surface area contributed by atoms with Gasteiger partial charge in [0, 0.05) is 19.6 Å². The van der Waals surface area contributed by atoms with Crippen molar-refractivity contribution in [2.24, 2.45) is 0 Å². The number of methoxy groups -OCH3 is 1. The monoisotopic (exact) mass is 197 g/mol. The fourth-order valence-electron chi connectivity index (χ4n) is 1.69. The Kier molecular flexibility index (Phi) is 3.10. The van der Waals surface area contributed by atoms with E-state index >= 15 is 0 Å². The molecule has 0 saturated carbocycles. The van der Waals surface area contributed by atoms with E-state index in [0.29, 0.717) is 18.4 Å². The normalized spacial score (nSPS) is 22.5. The second-order valence-electron chi connectivity index (χ2n) is 3.52. The molecule has 1 aromatic heterocycles. The van der Waals surface area contributed by atoms with Crippen molar-refractivity contribution < 1.29 is 9.26 Å². The van der Waals surface area contributed by atoms with E-state index in [1.165, 1.54) is 6.42 Å². The second-order valence-corrected chi connectivity index (χ2v) is 3.52. The van der Waals surface area contributed by atoms with Gasteiger partial charge in [-0.15, -0.1) is 0 Å². The number of hydrogen-bond donors (Lipinski definition) is 1. The van der Waals surface area contributed by atoms with Gasteiger partial charge in [-0.2, -0.15) is 4.98 Å². The first-order valence-corrected chi connectivity index (χ1v) is 4.92. The van der Waals surface area contributed by atoms with Crippen LogP contribution in [0.5, 0.6) is 0 Å². The summed E-state index contributed by atoms with van der Waals surface area (Å²) in [6, 6.07) is 0. The van der Waals surface area contributed by atoms with Crippen molar-refractivity contribution in [3.8, 4) is 0 Å². The van der Waals surface area contributed by atoms with E-state index in [1.54, 1.807) is 7.11 Å². The zero-order valence-electron chi connectivity index (χ0n) is 8.32. The van der Waals surface area contributed by atoms with E-state index in [-0.39, 0.29) is 0 Å². The predicted molar refractivity (Wildman–Crippen MR) is 49.9 cm³/mol. The lowest BCUT2D eigenvalue weighted by Crippen LogP contribution is -2.28. The smallest absolute Gasteiger partial charge is 0.252 e. The molecule has 0 spiro atoms. The van der Waals surface area contributed by atoms with Crippen molar-refractivity contribution in [3.63, 3.8) is 0 Å². The maximum atomic E-state index is 5.04. The summed E-state index contributed by atoms with van der Waals surface area (Å²) in [5.41, 5.74) is 0. The molecule has 1 N–H and O–H groups in total. The van der Waals surface area contributed by atoms with Gasteiger partial charge in [-0.25, -0.2) is 0 Å². The Hall–Kier alpha value is -0.940. The summed E-state index contributed by atoms with van der Waals surface area (Å²) in [5.74, 6) is 1.77. The van der Waals surface area contributed by atoms with Crippen LogP contribution in [0.3, 0.4) is 0 Å². The highest BCUT2D eigenvalue weighted by atomic mass is 16.5. The van der Waals surface area contributed by atoms with Crippen LogP contribution >= 0.6 is 0 Å².